The normalized spacial score (nSPS) is 14.7. The minimum Gasteiger partial charge on any atom is -0.352 e. The first-order valence-corrected chi connectivity index (χ1v) is 11.9. The molecule has 30 heavy (non-hydrogen) atoms. The Kier molecular flexibility index (Phi) is 7.02. The minimum atomic E-state index is -0.0270. The fourth-order valence-corrected chi connectivity index (χ4v) is 4.86. The standard InChI is InChI=1S/C22H22BrClN4OS/c23-19-4-2-1-3-18(19)21(29)25-14-16-9-11-28(12-10-16)22-26-20(27-30-22)13-15-5-7-17(24)8-6-15/h1-8,16H,9-14H2,(H,25,29). The first kappa shape index (κ1) is 21.3. The van der Waals surface area contributed by atoms with Crippen molar-refractivity contribution < 1.29 is 4.79 Å². The highest BCUT2D eigenvalue weighted by Crippen LogP contribution is 2.25. The molecule has 0 unspecified atom stereocenters. The molecule has 2 heterocycles. The number of aromatic nitrogens is 2. The summed E-state index contributed by atoms with van der Waals surface area (Å²) in [5.41, 5.74) is 1.83. The summed E-state index contributed by atoms with van der Waals surface area (Å²) in [6.45, 7) is 2.57. The molecule has 0 saturated carbocycles. The van der Waals surface area contributed by atoms with Gasteiger partial charge in [-0.15, -0.1) is 0 Å². The van der Waals surface area contributed by atoms with Crippen molar-refractivity contribution in [3.8, 4) is 0 Å². The SMILES string of the molecule is O=C(NCC1CCN(c2nc(Cc3ccc(Cl)cc3)ns2)CC1)c1ccccc1Br. The van der Waals surface area contributed by atoms with Crippen molar-refractivity contribution in [3.05, 3.63) is 75.0 Å². The number of anilines is 1. The smallest absolute Gasteiger partial charge is 0.252 e. The molecule has 0 aliphatic carbocycles. The summed E-state index contributed by atoms with van der Waals surface area (Å²) in [6.07, 6.45) is 2.77. The maximum Gasteiger partial charge on any atom is 0.252 e. The number of halogens is 2. The van der Waals surface area contributed by atoms with E-state index < -0.39 is 0 Å². The number of nitrogens with one attached hydrogen (secondary N) is 1. The van der Waals surface area contributed by atoms with Crippen LogP contribution in [0.3, 0.4) is 0 Å². The maximum atomic E-state index is 12.4. The Balaban J connectivity index is 1.25. The van der Waals surface area contributed by atoms with E-state index in [1.165, 1.54) is 11.5 Å². The van der Waals surface area contributed by atoms with E-state index in [1.807, 2.05) is 48.5 Å². The van der Waals surface area contributed by atoms with Crippen LogP contribution in [0, 0.1) is 5.92 Å². The van der Waals surface area contributed by atoms with Crippen LogP contribution in [0.2, 0.25) is 5.02 Å². The van der Waals surface area contributed by atoms with E-state index in [9.17, 15) is 4.79 Å². The van der Waals surface area contributed by atoms with Crippen LogP contribution >= 0.6 is 39.1 Å². The highest BCUT2D eigenvalue weighted by atomic mass is 79.9. The molecule has 8 heteroatoms. The van der Waals surface area contributed by atoms with Gasteiger partial charge in [0.25, 0.3) is 5.91 Å². The van der Waals surface area contributed by atoms with Gasteiger partial charge in [-0.05, 0) is 64.5 Å². The lowest BCUT2D eigenvalue weighted by Crippen LogP contribution is -2.38. The summed E-state index contributed by atoms with van der Waals surface area (Å²) in [5, 5.41) is 4.80. The van der Waals surface area contributed by atoms with E-state index in [1.54, 1.807) is 0 Å². The average Bonchev–Trinajstić information content (AvgIpc) is 3.23. The summed E-state index contributed by atoms with van der Waals surface area (Å²) in [6, 6.07) is 15.3. The summed E-state index contributed by atoms with van der Waals surface area (Å²) >= 11 is 10.8. The number of rotatable bonds is 6. The van der Waals surface area contributed by atoms with Crippen molar-refractivity contribution in [2.24, 2.45) is 5.92 Å². The van der Waals surface area contributed by atoms with Crippen molar-refractivity contribution in [2.45, 2.75) is 19.3 Å². The van der Waals surface area contributed by atoms with E-state index in [-0.39, 0.29) is 5.91 Å². The quantitative estimate of drug-likeness (QED) is 0.501. The summed E-state index contributed by atoms with van der Waals surface area (Å²) in [4.78, 5) is 19.4. The molecule has 3 aromatic rings. The predicted molar refractivity (Wildman–Crippen MR) is 126 cm³/mol. The van der Waals surface area contributed by atoms with Crippen LogP contribution in [0.25, 0.3) is 0 Å². The molecule has 1 amide bonds. The fourth-order valence-electron chi connectivity index (χ4n) is 3.54. The molecule has 5 nitrogen and oxygen atoms in total. The Hall–Kier alpha value is -1.96. The molecule has 4 rings (SSSR count). The van der Waals surface area contributed by atoms with Crippen molar-refractivity contribution >= 4 is 50.1 Å². The molecular formula is C22H22BrClN4OS. The molecule has 1 aliphatic rings. The van der Waals surface area contributed by atoms with E-state index >= 15 is 0 Å². The van der Waals surface area contributed by atoms with E-state index in [0.29, 0.717) is 24.4 Å². The zero-order chi connectivity index (χ0) is 20.9. The number of carbonyl (C=O) groups excluding carboxylic acids is 1. The van der Waals surface area contributed by atoms with Gasteiger partial charge < -0.3 is 10.2 Å². The lowest BCUT2D eigenvalue weighted by molar-refractivity contribution is 0.0944. The molecule has 1 saturated heterocycles. The van der Waals surface area contributed by atoms with Crippen LogP contribution in [-0.2, 0) is 6.42 Å². The van der Waals surface area contributed by atoms with Gasteiger partial charge >= 0.3 is 0 Å². The molecule has 0 bridgehead atoms. The lowest BCUT2D eigenvalue weighted by atomic mass is 9.97. The maximum absolute atomic E-state index is 12.4. The Morgan fingerprint density at radius 2 is 1.90 bits per heavy atom. The third kappa shape index (κ3) is 5.39. The van der Waals surface area contributed by atoms with Gasteiger partial charge in [0.15, 0.2) is 0 Å². The number of amides is 1. The Bertz CT molecular complexity index is 1000. The van der Waals surface area contributed by atoms with Crippen molar-refractivity contribution in [1.29, 1.82) is 0 Å². The minimum absolute atomic E-state index is 0.0270. The number of hydrogen-bond acceptors (Lipinski definition) is 5. The van der Waals surface area contributed by atoms with Crippen molar-refractivity contribution in [1.82, 2.24) is 14.7 Å². The van der Waals surface area contributed by atoms with Gasteiger partial charge in [0, 0.05) is 47.1 Å². The topological polar surface area (TPSA) is 58.1 Å². The van der Waals surface area contributed by atoms with Gasteiger partial charge in [0.2, 0.25) is 5.13 Å². The number of nitrogens with zero attached hydrogens (tertiary/aromatic N) is 3. The van der Waals surface area contributed by atoms with Crippen LogP contribution in [0.15, 0.2) is 53.0 Å². The summed E-state index contributed by atoms with van der Waals surface area (Å²) in [7, 11) is 0. The molecule has 156 valence electrons. The van der Waals surface area contributed by atoms with Crippen molar-refractivity contribution in [2.75, 3.05) is 24.5 Å². The fraction of sp³-hybridized carbons (Fsp3) is 0.318. The molecule has 0 spiro atoms. The van der Waals surface area contributed by atoms with Crippen molar-refractivity contribution in [3.63, 3.8) is 0 Å². The third-order valence-corrected chi connectivity index (χ3v) is 7.05. The van der Waals surface area contributed by atoms with Crippen LogP contribution in [0.5, 0.6) is 0 Å². The molecule has 1 aromatic heterocycles. The zero-order valence-corrected chi connectivity index (χ0v) is 19.5. The monoisotopic (exact) mass is 504 g/mol. The molecule has 1 fully saturated rings. The Labute approximate surface area is 193 Å². The second-order valence-electron chi connectivity index (χ2n) is 7.42. The molecule has 0 atom stereocenters. The largest absolute Gasteiger partial charge is 0.352 e. The number of piperidine rings is 1. The molecule has 1 aliphatic heterocycles. The van der Waals surface area contributed by atoms with E-state index in [2.05, 4.69) is 30.5 Å². The summed E-state index contributed by atoms with van der Waals surface area (Å²) < 4.78 is 5.35. The van der Waals surface area contributed by atoms with Crippen LogP contribution in [-0.4, -0.2) is 34.9 Å². The van der Waals surface area contributed by atoms with Gasteiger partial charge in [0.05, 0.1) is 5.56 Å². The van der Waals surface area contributed by atoms with Crippen LogP contribution < -0.4 is 10.2 Å². The first-order chi connectivity index (χ1) is 14.6. The highest BCUT2D eigenvalue weighted by Gasteiger charge is 2.22. The predicted octanol–water partition coefficient (Wildman–Crippen LogP) is 5.19. The second-order valence-corrected chi connectivity index (χ2v) is 9.44. The van der Waals surface area contributed by atoms with Crippen LogP contribution in [0.1, 0.15) is 34.6 Å². The number of carbonyl (C=O) groups is 1. The second kappa shape index (κ2) is 9.90. The van der Waals surface area contributed by atoms with Crippen LogP contribution in [0.4, 0.5) is 5.13 Å². The Morgan fingerprint density at radius 3 is 2.63 bits per heavy atom. The van der Waals surface area contributed by atoms with Gasteiger partial charge in [-0.3, -0.25) is 4.79 Å². The summed E-state index contributed by atoms with van der Waals surface area (Å²) in [5.74, 6) is 1.30. The van der Waals surface area contributed by atoms with E-state index in [0.717, 1.165) is 51.9 Å². The molecule has 1 N–H and O–H groups in total. The Morgan fingerprint density at radius 1 is 1.17 bits per heavy atom. The molecule has 0 radical (unpaired) electrons. The molecule has 2 aromatic carbocycles. The number of hydrogen-bond donors (Lipinski definition) is 1. The molecular weight excluding hydrogens is 484 g/mol. The third-order valence-electron chi connectivity index (χ3n) is 5.29. The highest BCUT2D eigenvalue weighted by molar-refractivity contribution is 9.10. The number of benzene rings is 2. The first-order valence-electron chi connectivity index (χ1n) is 9.93. The zero-order valence-electron chi connectivity index (χ0n) is 16.4. The van der Waals surface area contributed by atoms with Gasteiger partial charge in [-0.25, -0.2) is 4.98 Å². The lowest BCUT2D eigenvalue weighted by Gasteiger charge is -2.31. The average molecular weight is 506 g/mol. The van der Waals surface area contributed by atoms with E-state index in [4.69, 9.17) is 16.6 Å². The van der Waals surface area contributed by atoms with Gasteiger partial charge in [0.1, 0.15) is 5.82 Å². The van der Waals surface area contributed by atoms with Gasteiger partial charge in [-0.2, -0.15) is 4.37 Å². The van der Waals surface area contributed by atoms with Gasteiger partial charge in [-0.1, -0.05) is 35.9 Å².